The van der Waals surface area contributed by atoms with Gasteiger partial charge in [0.1, 0.15) is 5.78 Å². The van der Waals surface area contributed by atoms with Crippen LogP contribution in [0, 0.1) is 0 Å². The number of nitrogens with one attached hydrogen (secondary N) is 1. The van der Waals surface area contributed by atoms with Crippen LogP contribution in [0.5, 0.6) is 0 Å². The first-order chi connectivity index (χ1) is 15.6. The number of hydrogen-bond acceptors (Lipinski definition) is 3. The summed E-state index contributed by atoms with van der Waals surface area (Å²) in [7, 11) is 0. The summed E-state index contributed by atoms with van der Waals surface area (Å²) in [5, 5.41) is 3.06. The molecule has 4 heteroatoms. The Balaban J connectivity index is 1.31. The summed E-state index contributed by atoms with van der Waals surface area (Å²) in [4.78, 5) is 27.7. The Morgan fingerprint density at radius 3 is 2.22 bits per heavy atom. The maximum absolute atomic E-state index is 12.9. The van der Waals surface area contributed by atoms with E-state index in [0.29, 0.717) is 24.7 Å². The van der Waals surface area contributed by atoms with E-state index in [1.54, 1.807) is 0 Å². The fraction of sp³-hybridized carbons (Fsp3) is 0.500. The van der Waals surface area contributed by atoms with Crippen LogP contribution in [0.3, 0.4) is 0 Å². The van der Waals surface area contributed by atoms with Gasteiger partial charge in [0, 0.05) is 12.1 Å². The zero-order chi connectivity index (χ0) is 22.4. The van der Waals surface area contributed by atoms with Crippen LogP contribution in [0.15, 0.2) is 54.6 Å². The predicted octanol–water partition coefficient (Wildman–Crippen LogP) is 5.69. The van der Waals surface area contributed by atoms with Gasteiger partial charge in [0.25, 0.3) is 0 Å². The maximum Gasteiger partial charge on any atom is 0.238 e. The molecule has 0 aromatic heterocycles. The molecule has 0 bridgehead atoms. The van der Waals surface area contributed by atoms with Gasteiger partial charge in [-0.05, 0) is 68.0 Å². The molecule has 32 heavy (non-hydrogen) atoms. The Bertz CT molecular complexity index is 893. The number of carbonyl (C=O) groups is 2. The summed E-state index contributed by atoms with van der Waals surface area (Å²) in [6, 6.07) is 18.6. The van der Waals surface area contributed by atoms with E-state index < -0.39 is 5.41 Å². The van der Waals surface area contributed by atoms with Crippen LogP contribution in [0.2, 0.25) is 0 Å². The van der Waals surface area contributed by atoms with Crippen LogP contribution in [-0.4, -0.2) is 36.2 Å². The van der Waals surface area contributed by atoms with Crippen LogP contribution < -0.4 is 5.32 Å². The number of ketones is 1. The highest BCUT2D eigenvalue weighted by atomic mass is 16.2. The molecule has 4 rings (SSSR count). The van der Waals surface area contributed by atoms with E-state index in [1.807, 2.05) is 37.3 Å². The highest BCUT2D eigenvalue weighted by molar-refractivity contribution is 5.92. The lowest BCUT2D eigenvalue weighted by atomic mass is 9.69. The normalized spacial score (nSPS) is 19.4. The minimum absolute atomic E-state index is 0.0180. The predicted molar refractivity (Wildman–Crippen MR) is 130 cm³/mol. The zero-order valence-electron chi connectivity index (χ0n) is 19.3. The van der Waals surface area contributed by atoms with E-state index in [2.05, 4.69) is 34.5 Å². The number of nitrogens with zero attached hydrogens (tertiary/aromatic N) is 1. The molecule has 1 heterocycles. The minimum atomic E-state index is -0.405. The van der Waals surface area contributed by atoms with Gasteiger partial charge < -0.3 is 5.32 Å². The second-order valence-electron chi connectivity index (χ2n) is 9.51. The minimum Gasteiger partial charge on any atom is -0.325 e. The molecule has 0 atom stereocenters. The first-order valence-electron chi connectivity index (χ1n) is 12.3. The molecular formula is C28H36N2O2. The van der Waals surface area contributed by atoms with E-state index in [-0.39, 0.29) is 5.91 Å². The number of hydrogen-bond donors (Lipinski definition) is 1. The third-order valence-electron chi connectivity index (χ3n) is 7.53. The van der Waals surface area contributed by atoms with Gasteiger partial charge in [0.05, 0.1) is 12.0 Å². The van der Waals surface area contributed by atoms with Gasteiger partial charge in [0.15, 0.2) is 0 Å². The van der Waals surface area contributed by atoms with E-state index in [0.717, 1.165) is 37.2 Å². The number of amides is 1. The first kappa shape index (κ1) is 22.7. The molecule has 2 aliphatic rings. The summed E-state index contributed by atoms with van der Waals surface area (Å²) in [6.45, 7) is 3.84. The molecule has 1 N–H and O–H groups in total. The number of carbonyl (C=O) groups excluding carboxylic acids is 2. The van der Waals surface area contributed by atoms with Gasteiger partial charge in [-0.3, -0.25) is 14.5 Å². The second kappa shape index (κ2) is 10.4. The molecule has 1 aliphatic heterocycles. The fourth-order valence-electron chi connectivity index (χ4n) is 5.60. The lowest BCUT2D eigenvalue weighted by Crippen LogP contribution is -2.48. The Morgan fingerprint density at radius 2 is 1.59 bits per heavy atom. The molecule has 1 saturated carbocycles. The number of benzene rings is 2. The molecule has 0 unspecified atom stereocenters. The Hall–Kier alpha value is -2.46. The van der Waals surface area contributed by atoms with Crippen LogP contribution in [0.25, 0.3) is 0 Å². The highest BCUT2D eigenvalue weighted by Crippen LogP contribution is 2.37. The Labute approximate surface area is 192 Å². The van der Waals surface area contributed by atoms with Gasteiger partial charge in [-0.15, -0.1) is 0 Å². The Morgan fingerprint density at radius 1 is 0.938 bits per heavy atom. The van der Waals surface area contributed by atoms with E-state index in [4.69, 9.17) is 0 Å². The average Bonchev–Trinajstić information content (AvgIpc) is 2.85. The number of piperidine rings is 1. The molecule has 170 valence electrons. The molecule has 1 amide bonds. The van der Waals surface area contributed by atoms with Crippen molar-refractivity contribution in [1.82, 2.24) is 4.90 Å². The van der Waals surface area contributed by atoms with Crippen molar-refractivity contribution in [2.45, 2.75) is 69.6 Å². The van der Waals surface area contributed by atoms with E-state index >= 15 is 0 Å². The van der Waals surface area contributed by atoms with Crippen molar-refractivity contribution in [1.29, 1.82) is 0 Å². The number of rotatable bonds is 7. The Kier molecular flexibility index (Phi) is 7.41. The van der Waals surface area contributed by atoms with Crippen molar-refractivity contribution < 1.29 is 9.59 Å². The van der Waals surface area contributed by atoms with Crippen LogP contribution >= 0.6 is 0 Å². The van der Waals surface area contributed by atoms with Crippen molar-refractivity contribution in [3.63, 3.8) is 0 Å². The topological polar surface area (TPSA) is 49.4 Å². The van der Waals surface area contributed by atoms with Gasteiger partial charge >= 0.3 is 0 Å². The molecule has 0 spiro atoms. The second-order valence-corrected chi connectivity index (χ2v) is 9.51. The summed E-state index contributed by atoms with van der Waals surface area (Å²) in [6.07, 6.45) is 8.67. The first-order valence-corrected chi connectivity index (χ1v) is 12.3. The molecule has 0 radical (unpaired) electrons. The maximum atomic E-state index is 12.9. The number of anilines is 1. The monoisotopic (exact) mass is 432 g/mol. The molecule has 1 aliphatic carbocycles. The third kappa shape index (κ3) is 5.12. The van der Waals surface area contributed by atoms with Gasteiger partial charge in [-0.1, -0.05) is 68.7 Å². The molecule has 2 aromatic rings. The smallest absolute Gasteiger partial charge is 0.238 e. The van der Waals surface area contributed by atoms with Gasteiger partial charge in [-0.2, -0.15) is 0 Å². The zero-order valence-corrected chi connectivity index (χ0v) is 19.3. The molecule has 2 aromatic carbocycles. The molecule has 4 nitrogen and oxygen atoms in total. The largest absolute Gasteiger partial charge is 0.325 e. The third-order valence-corrected chi connectivity index (χ3v) is 7.53. The SMILES string of the molecule is CCC(=O)C1(c2ccccc2)CCN(CC(=O)Nc2ccc(C3CCCCC3)cc2)CC1. The summed E-state index contributed by atoms with van der Waals surface area (Å²) >= 11 is 0. The van der Waals surface area contributed by atoms with Crippen LogP contribution in [0.4, 0.5) is 5.69 Å². The van der Waals surface area contributed by atoms with Crippen molar-refractivity contribution in [3.05, 3.63) is 65.7 Å². The molecule has 1 saturated heterocycles. The summed E-state index contributed by atoms with van der Waals surface area (Å²) in [5.41, 5.74) is 2.98. The van der Waals surface area contributed by atoms with Crippen LogP contribution in [0.1, 0.15) is 75.3 Å². The lowest BCUT2D eigenvalue weighted by Gasteiger charge is -2.41. The van der Waals surface area contributed by atoms with E-state index in [9.17, 15) is 9.59 Å². The van der Waals surface area contributed by atoms with Crippen molar-refractivity contribution in [3.8, 4) is 0 Å². The fourth-order valence-corrected chi connectivity index (χ4v) is 5.60. The number of Topliss-reactive ketones (excluding diaryl/α,β-unsaturated/α-hetero) is 1. The van der Waals surface area contributed by atoms with Crippen molar-refractivity contribution in [2.75, 3.05) is 25.0 Å². The van der Waals surface area contributed by atoms with Crippen molar-refractivity contribution in [2.24, 2.45) is 0 Å². The lowest BCUT2D eigenvalue weighted by molar-refractivity contribution is -0.126. The standard InChI is InChI=1S/C28H36N2O2/c1-2-26(31)28(24-11-7-4-8-12-24)17-19-30(20-18-28)21-27(32)29-25-15-13-23(14-16-25)22-9-5-3-6-10-22/h4,7-8,11-16,22H,2-3,5-6,9-10,17-21H2,1H3,(H,29,32). The highest BCUT2D eigenvalue weighted by Gasteiger charge is 2.41. The van der Waals surface area contributed by atoms with E-state index in [1.165, 1.54) is 37.7 Å². The summed E-state index contributed by atoms with van der Waals surface area (Å²) < 4.78 is 0. The number of likely N-dealkylation sites (tertiary alicyclic amines) is 1. The summed E-state index contributed by atoms with van der Waals surface area (Å²) in [5.74, 6) is 1.01. The van der Waals surface area contributed by atoms with Gasteiger partial charge in [0.2, 0.25) is 5.91 Å². The molecular weight excluding hydrogens is 396 g/mol. The van der Waals surface area contributed by atoms with Crippen LogP contribution in [-0.2, 0) is 15.0 Å². The molecule has 2 fully saturated rings. The van der Waals surface area contributed by atoms with Crippen molar-refractivity contribution >= 4 is 17.4 Å². The van der Waals surface area contributed by atoms with Gasteiger partial charge in [-0.25, -0.2) is 0 Å². The quantitative estimate of drug-likeness (QED) is 0.612. The average molecular weight is 433 g/mol.